The lowest BCUT2D eigenvalue weighted by molar-refractivity contribution is 0.0972. The Balaban J connectivity index is 1.69. The quantitative estimate of drug-likeness (QED) is 0.729. The van der Waals surface area contributed by atoms with E-state index in [2.05, 4.69) is 10.6 Å². The second kappa shape index (κ2) is 4.90. The van der Waals surface area contributed by atoms with Gasteiger partial charge in [-0.15, -0.1) is 11.3 Å². The minimum Gasteiger partial charge on any atom is -0.397 e. The van der Waals surface area contributed by atoms with Crippen LogP contribution in [0.25, 0.3) is 0 Å². The Morgan fingerprint density at radius 1 is 1.33 bits per heavy atom. The Bertz CT molecular complexity index is 447. The zero-order valence-corrected chi connectivity index (χ0v) is 11.2. The molecule has 1 aliphatic heterocycles. The molecule has 0 atom stereocenters. The highest BCUT2D eigenvalue weighted by atomic mass is 32.1. The van der Waals surface area contributed by atoms with Gasteiger partial charge in [-0.05, 0) is 44.8 Å². The van der Waals surface area contributed by atoms with E-state index in [1.165, 1.54) is 11.3 Å². The zero-order chi connectivity index (χ0) is 12.5. The standard InChI is InChI=1S/C13H19N3OS/c14-10-7-11(16-9-3-5-15-6-4-9)18-13(10)12(17)8-1-2-8/h7-9,15-16H,1-6,14H2. The number of carbonyl (C=O) groups excluding carboxylic acids is 1. The van der Waals surface area contributed by atoms with E-state index in [4.69, 9.17) is 5.73 Å². The Labute approximate surface area is 111 Å². The van der Waals surface area contributed by atoms with Crippen LogP contribution in [0.1, 0.15) is 35.4 Å². The fourth-order valence-electron chi connectivity index (χ4n) is 2.37. The van der Waals surface area contributed by atoms with Crippen molar-refractivity contribution in [2.24, 2.45) is 5.92 Å². The molecule has 0 amide bonds. The summed E-state index contributed by atoms with van der Waals surface area (Å²) in [6, 6.07) is 2.43. The molecule has 0 unspecified atom stereocenters. The van der Waals surface area contributed by atoms with Crippen LogP contribution in [0.3, 0.4) is 0 Å². The van der Waals surface area contributed by atoms with Gasteiger partial charge in [0.25, 0.3) is 0 Å². The number of nitrogens with one attached hydrogen (secondary N) is 2. The third-order valence-corrected chi connectivity index (χ3v) is 4.71. The number of nitrogen functional groups attached to an aromatic ring is 1. The van der Waals surface area contributed by atoms with Gasteiger partial charge in [0, 0.05) is 12.0 Å². The molecule has 1 aromatic rings. The van der Waals surface area contributed by atoms with Crippen LogP contribution in [0.5, 0.6) is 0 Å². The van der Waals surface area contributed by atoms with E-state index in [1.807, 2.05) is 6.07 Å². The van der Waals surface area contributed by atoms with Crippen molar-refractivity contribution >= 4 is 27.8 Å². The average Bonchev–Trinajstić information content (AvgIpc) is 3.15. The number of hydrogen-bond acceptors (Lipinski definition) is 5. The number of hydrogen-bond donors (Lipinski definition) is 3. The molecule has 0 bridgehead atoms. The number of rotatable bonds is 4. The Morgan fingerprint density at radius 3 is 2.72 bits per heavy atom. The summed E-state index contributed by atoms with van der Waals surface area (Å²) in [4.78, 5) is 12.8. The van der Waals surface area contributed by atoms with Crippen LogP contribution >= 0.6 is 11.3 Å². The van der Waals surface area contributed by atoms with Crippen LogP contribution in [0.2, 0.25) is 0 Å². The number of anilines is 2. The topological polar surface area (TPSA) is 67.2 Å². The molecule has 1 aromatic heterocycles. The van der Waals surface area contributed by atoms with Crippen LogP contribution in [-0.2, 0) is 0 Å². The minimum absolute atomic E-state index is 0.246. The van der Waals surface area contributed by atoms with Crippen molar-refractivity contribution in [3.8, 4) is 0 Å². The molecule has 4 nitrogen and oxygen atoms in total. The van der Waals surface area contributed by atoms with Crippen LogP contribution in [0, 0.1) is 5.92 Å². The summed E-state index contributed by atoms with van der Waals surface area (Å²) in [5.74, 6) is 0.494. The third-order valence-electron chi connectivity index (χ3n) is 3.62. The van der Waals surface area contributed by atoms with Gasteiger partial charge in [-0.2, -0.15) is 0 Å². The molecule has 0 aromatic carbocycles. The SMILES string of the molecule is Nc1cc(NC2CCNCC2)sc1C(=O)C1CC1. The summed E-state index contributed by atoms with van der Waals surface area (Å²) >= 11 is 1.52. The molecular weight excluding hydrogens is 246 g/mol. The summed E-state index contributed by atoms with van der Waals surface area (Å²) in [5, 5.41) is 7.89. The molecule has 0 spiro atoms. The van der Waals surface area contributed by atoms with Crippen LogP contribution in [0.15, 0.2) is 6.07 Å². The van der Waals surface area contributed by atoms with Gasteiger partial charge in [-0.3, -0.25) is 4.79 Å². The molecule has 1 aliphatic carbocycles. The van der Waals surface area contributed by atoms with Gasteiger partial charge >= 0.3 is 0 Å². The van der Waals surface area contributed by atoms with Gasteiger partial charge in [0.1, 0.15) is 0 Å². The molecule has 0 radical (unpaired) electrons. The van der Waals surface area contributed by atoms with Gasteiger partial charge in [-0.1, -0.05) is 0 Å². The van der Waals surface area contributed by atoms with E-state index in [0.29, 0.717) is 11.7 Å². The van der Waals surface area contributed by atoms with E-state index in [1.54, 1.807) is 0 Å². The summed E-state index contributed by atoms with van der Waals surface area (Å²) in [5.41, 5.74) is 6.60. The normalized spacial score (nSPS) is 20.9. The van der Waals surface area contributed by atoms with E-state index in [9.17, 15) is 4.79 Å². The summed E-state index contributed by atoms with van der Waals surface area (Å²) in [7, 11) is 0. The van der Waals surface area contributed by atoms with Crippen molar-refractivity contribution < 1.29 is 4.79 Å². The maximum Gasteiger partial charge on any atom is 0.178 e. The smallest absolute Gasteiger partial charge is 0.178 e. The van der Waals surface area contributed by atoms with E-state index in [0.717, 1.165) is 48.7 Å². The third kappa shape index (κ3) is 2.52. The number of Topliss-reactive ketones (excluding diaryl/α,β-unsaturated/α-hetero) is 1. The molecule has 5 heteroatoms. The predicted molar refractivity (Wildman–Crippen MR) is 75.3 cm³/mol. The van der Waals surface area contributed by atoms with Crippen LogP contribution < -0.4 is 16.4 Å². The highest BCUT2D eigenvalue weighted by Crippen LogP contribution is 2.39. The molecular formula is C13H19N3OS. The van der Waals surface area contributed by atoms with Crippen LogP contribution in [0.4, 0.5) is 10.7 Å². The lowest BCUT2D eigenvalue weighted by Crippen LogP contribution is -2.35. The van der Waals surface area contributed by atoms with Crippen molar-refractivity contribution in [3.05, 3.63) is 10.9 Å². The van der Waals surface area contributed by atoms with Crippen molar-refractivity contribution in [2.45, 2.75) is 31.7 Å². The molecule has 1 saturated carbocycles. The summed E-state index contributed by atoms with van der Waals surface area (Å²) in [6.07, 6.45) is 4.33. The first-order valence-electron chi connectivity index (χ1n) is 6.65. The van der Waals surface area contributed by atoms with Crippen LogP contribution in [-0.4, -0.2) is 24.9 Å². The second-order valence-corrected chi connectivity index (χ2v) is 6.25. The highest BCUT2D eigenvalue weighted by Gasteiger charge is 2.32. The first-order valence-corrected chi connectivity index (χ1v) is 7.46. The maximum absolute atomic E-state index is 12.0. The lowest BCUT2D eigenvalue weighted by Gasteiger charge is -2.23. The zero-order valence-electron chi connectivity index (χ0n) is 10.4. The molecule has 98 valence electrons. The Kier molecular flexibility index (Phi) is 3.26. The molecule has 2 fully saturated rings. The average molecular weight is 265 g/mol. The van der Waals surface area contributed by atoms with Gasteiger partial charge in [0.2, 0.25) is 0 Å². The fraction of sp³-hybridized carbons (Fsp3) is 0.615. The van der Waals surface area contributed by atoms with Crippen molar-refractivity contribution in [1.29, 1.82) is 0 Å². The minimum atomic E-state index is 0.246. The highest BCUT2D eigenvalue weighted by molar-refractivity contribution is 7.18. The van der Waals surface area contributed by atoms with Gasteiger partial charge < -0.3 is 16.4 Å². The number of piperidine rings is 1. The lowest BCUT2D eigenvalue weighted by atomic mass is 10.1. The molecule has 1 saturated heterocycles. The first-order chi connectivity index (χ1) is 8.74. The van der Waals surface area contributed by atoms with Gasteiger partial charge in [0.15, 0.2) is 5.78 Å². The van der Waals surface area contributed by atoms with Crippen molar-refractivity contribution in [2.75, 3.05) is 24.1 Å². The number of ketones is 1. The van der Waals surface area contributed by atoms with E-state index < -0.39 is 0 Å². The van der Waals surface area contributed by atoms with E-state index >= 15 is 0 Å². The number of carbonyl (C=O) groups is 1. The Morgan fingerprint density at radius 2 is 2.06 bits per heavy atom. The molecule has 18 heavy (non-hydrogen) atoms. The molecule has 2 aliphatic rings. The predicted octanol–water partition coefficient (Wildman–Crippen LogP) is 2.09. The van der Waals surface area contributed by atoms with Crippen molar-refractivity contribution in [3.63, 3.8) is 0 Å². The fourth-order valence-corrected chi connectivity index (χ4v) is 3.44. The van der Waals surface area contributed by atoms with E-state index in [-0.39, 0.29) is 11.7 Å². The number of thiophene rings is 1. The largest absolute Gasteiger partial charge is 0.397 e. The molecule has 3 rings (SSSR count). The van der Waals surface area contributed by atoms with Crippen molar-refractivity contribution in [1.82, 2.24) is 5.32 Å². The first kappa shape index (κ1) is 12.0. The summed E-state index contributed by atoms with van der Waals surface area (Å²) < 4.78 is 0. The van der Waals surface area contributed by atoms with Gasteiger partial charge in [-0.25, -0.2) is 0 Å². The monoisotopic (exact) mass is 265 g/mol. The molecule has 4 N–H and O–H groups in total. The summed E-state index contributed by atoms with van der Waals surface area (Å²) in [6.45, 7) is 2.12. The second-order valence-electron chi connectivity index (χ2n) is 5.20. The van der Waals surface area contributed by atoms with Gasteiger partial charge in [0.05, 0.1) is 15.6 Å². The maximum atomic E-state index is 12.0. The number of nitrogens with two attached hydrogens (primary N) is 1. The molecule has 2 heterocycles. The Hall–Kier alpha value is -1.07.